The summed E-state index contributed by atoms with van der Waals surface area (Å²) in [6.07, 6.45) is -1.84. The molecule has 2 fully saturated rings. The van der Waals surface area contributed by atoms with Crippen LogP contribution in [0, 0.1) is 0 Å². The van der Waals surface area contributed by atoms with E-state index in [9.17, 15) is 5.11 Å². The highest BCUT2D eigenvalue weighted by Crippen LogP contribution is 2.45. The second kappa shape index (κ2) is 8.35. The van der Waals surface area contributed by atoms with Crippen molar-refractivity contribution in [3.05, 3.63) is 108 Å². The molecule has 2 aliphatic rings. The van der Waals surface area contributed by atoms with E-state index in [2.05, 4.69) is 36.4 Å². The number of hydrogen-bond acceptors (Lipinski definition) is 5. The molecule has 0 aliphatic carbocycles. The van der Waals surface area contributed by atoms with E-state index >= 15 is 0 Å². The van der Waals surface area contributed by atoms with Gasteiger partial charge in [0.15, 0.2) is 12.1 Å². The Labute approximate surface area is 194 Å². The zero-order chi connectivity index (χ0) is 23.1. The van der Waals surface area contributed by atoms with Crippen LogP contribution in [0.15, 0.2) is 91.0 Å². The van der Waals surface area contributed by atoms with Gasteiger partial charge in [0.2, 0.25) is 0 Å². The van der Waals surface area contributed by atoms with Gasteiger partial charge in [0, 0.05) is 0 Å². The molecule has 0 aromatic heterocycles. The number of aliphatic hydroxyl groups is 1. The van der Waals surface area contributed by atoms with Crippen LogP contribution >= 0.6 is 0 Å². The van der Waals surface area contributed by atoms with Gasteiger partial charge in [-0.25, -0.2) is 0 Å². The molecule has 5 nitrogen and oxygen atoms in total. The molecule has 2 aliphatic heterocycles. The van der Waals surface area contributed by atoms with Crippen molar-refractivity contribution in [3.63, 3.8) is 0 Å². The maximum atomic E-state index is 11.4. The van der Waals surface area contributed by atoms with Crippen molar-refractivity contribution >= 4 is 0 Å². The van der Waals surface area contributed by atoms with Crippen molar-refractivity contribution in [1.29, 1.82) is 0 Å². The van der Waals surface area contributed by atoms with Gasteiger partial charge in [-0.2, -0.15) is 0 Å². The number of benzene rings is 3. The van der Waals surface area contributed by atoms with Gasteiger partial charge >= 0.3 is 0 Å². The first-order valence-electron chi connectivity index (χ1n) is 11.4. The van der Waals surface area contributed by atoms with Crippen molar-refractivity contribution < 1.29 is 24.1 Å². The fourth-order valence-corrected chi connectivity index (χ4v) is 4.88. The molecule has 0 unspecified atom stereocenters. The van der Waals surface area contributed by atoms with Crippen molar-refractivity contribution in [2.75, 3.05) is 6.61 Å². The van der Waals surface area contributed by atoms with Crippen LogP contribution in [0.25, 0.3) is 0 Å². The van der Waals surface area contributed by atoms with Crippen LogP contribution in [0.5, 0.6) is 0 Å². The Morgan fingerprint density at radius 1 is 0.758 bits per heavy atom. The van der Waals surface area contributed by atoms with Crippen molar-refractivity contribution in [2.45, 2.75) is 56.3 Å². The summed E-state index contributed by atoms with van der Waals surface area (Å²) in [4.78, 5) is 0. The van der Waals surface area contributed by atoms with Gasteiger partial charge < -0.3 is 24.1 Å². The lowest BCUT2D eigenvalue weighted by Crippen LogP contribution is -2.49. The number of fused-ring (bicyclic) bond motifs is 1. The molecular weight excluding hydrogens is 416 g/mol. The molecule has 5 rings (SSSR count). The Bertz CT molecular complexity index is 969. The fraction of sp³-hybridized carbons (Fsp3) is 0.357. The van der Waals surface area contributed by atoms with Crippen LogP contribution in [0.1, 0.15) is 37.5 Å². The van der Waals surface area contributed by atoms with Crippen molar-refractivity contribution in [2.24, 2.45) is 0 Å². The van der Waals surface area contributed by atoms with Crippen LogP contribution in [-0.4, -0.2) is 41.6 Å². The van der Waals surface area contributed by atoms with E-state index in [1.807, 2.05) is 68.4 Å². The van der Waals surface area contributed by atoms with E-state index in [4.69, 9.17) is 18.9 Å². The highest BCUT2D eigenvalue weighted by molar-refractivity contribution is 5.47. The molecule has 2 saturated heterocycles. The molecule has 4 atom stereocenters. The van der Waals surface area contributed by atoms with Crippen molar-refractivity contribution in [1.82, 2.24) is 0 Å². The fourth-order valence-electron chi connectivity index (χ4n) is 4.88. The van der Waals surface area contributed by atoms with Gasteiger partial charge in [-0.15, -0.1) is 0 Å². The summed E-state index contributed by atoms with van der Waals surface area (Å²) >= 11 is 0. The lowest BCUT2D eigenvalue weighted by molar-refractivity contribution is -0.236. The summed E-state index contributed by atoms with van der Waals surface area (Å²) in [7, 11) is 0. The zero-order valence-corrected chi connectivity index (χ0v) is 19.2. The van der Waals surface area contributed by atoms with E-state index in [1.165, 1.54) is 0 Å². The molecule has 0 saturated carbocycles. The standard InChI is InChI=1S/C28H30O5/c1-26(2)32-24-25(33-26)31-23(27(24,3)29)19-30-28(20-13-7-4-8-14-20,21-15-9-5-10-16-21)22-17-11-6-12-18-22/h4-18,23-25,29H,19H2,1-3H3/t23-,24+,25-,27-/m1/s1. The van der Waals surface area contributed by atoms with E-state index in [1.54, 1.807) is 6.92 Å². The monoisotopic (exact) mass is 446 g/mol. The molecule has 172 valence electrons. The van der Waals surface area contributed by atoms with Crippen molar-refractivity contribution in [3.8, 4) is 0 Å². The third-order valence-corrected chi connectivity index (χ3v) is 6.58. The van der Waals surface area contributed by atoms with Gasteiger partial charge in [0.25, 0.3) is 0 Å². The summed E-state index contributed by atoms with van der Waals surface area (Å²) in [5, 5.41) is 11.4. The van der Waals surface area contributed by atoms with Gasteiger partial charge in [0.05, 0.1) is 6.61 Å². The first-order chi connectivity index (χ1) is 15.8. The molecule has 33 heavy (non-hydrogen) atoms. The lowest BCUT2D eigenvalue weighted by Gasteiger charge is -2.38. The normalized spacial score (nSPS) is 28.5. The minimum atomic E-state index is -1.27. The van der Waals surface area contributed by atoms with E-state index < -0.39 is 35.5 Å². The maximum Gasteiger partial charge on any atom is 0.190 e. The predicted octanol–water partition coefficient (Wildman–Crippen LogP) is 4.62. The quantitative estimate of drug-likeness (QED) is 0.560. The van der Waals surface area contributed by atoms with Gasteiger partial charge in [-0.1, -0.05) is 91.0 Å². The Balaban J connectivity index is 1.54. The van der Waals surface area contributed by atoms with Gasteiger partial charge in [-0.05, 0) is 37.5 Å². The van der Waals surface area contributed by atoms with Gasteiger partial charge in [0.1, 0.15) is 23.4 Å². The predicted molar refractivity (Wildman–Crippen MR) is 124 cm³/mol. The first-order valence-corrected chi connectivity index (χ1v) is 11.4. The Morgan fingerprint density at radius 3 is 1.64 bits per heavy atom. The average Bonchev–Trinajstić information content (AvgIpc) is 3.26. The largest absolute Gasteiger partial charge is 0.384 e. The molecule has 3 aromatic carbocycles. The maximum absolute atomic E-state index is 11.4. The topological polar surface area (TPSA) is 57.2 Å². The minimum absolute atomic E-state index is 0.145. The first kappa shape index (κ1) is 22.3. The summed E-state index contributed by atoms with van der Waals surface area (Å²) < 4.78 is 24.8. The SMILES string of the molecule is CC1(C)O[C@H]2O[C@H](COC(c3ccccc3)(c3ccccc3)c3ccccc3)[C@@](C)(O)[C@H]2O1. The second-order valence-electron chi connectivity index (χ2n) is 9.37. The highest BCUT2D eigenvalue weighted by atomic mass is 16.8. The molecule has 0 bridgehead atoms. The van der Waals surface area contributed by atoms with Gasteiger partial charge in [-0.3, -0.25) is 0 Å². The number of rotatable bonds is 6. The summed E-state index contributed by atoms with van der Waals surface area (Å²) in [6, 6.07) is 30.4. The summed E-state index contributed by atoms with van der Waals surface area (Å²) in [5.74, 6) is -0.799. The zero-order valence-electron chi connectivity index (χ0n) is 19.2. The van der Waals surface area contributed by atoms with Crippen LogP contribution in [0.2, 0.25) is 0 Å². The highest BCUT2D eigenvalue weighted by Gasteiger charge is 2.61. The van der Waals surface area contributed by atoms with E-state index in [0.29, 0.717) is 0 Å². The average molecular weight is 447 g/mol. The Morgan fingerprint density at radius 2 is 1.21 bits per heavy atom. The van der Waals surface area contributed by atoms with Crippen LogP contribution in [0.3, 0.4) is 0 Å². The third-order valence-electron chi connectivity index (χ3n) is 6.58. The van der Waals surface area contributed by atoms with Crippen LogP contribution < -0.4 is 0 Å². The van der Waals surface area contributed by atoms with E-state index in [0.717, 1.165) is 16.7 Å². The summed E-state index contributed by atoms with van der Waals surface area (Å²) in [5.41, 5.74) is 0.826. The number of hydrogen-bond donors (Lipinski definition) is 1. The van der Waals surface area contributed by atoms with E-state index in [-0.39, 0.29) is 6.61 Å². The molecule has 0 amide bonds. The molecule has 0 spiro atoms. The third kappa shape index (κ3) is 3.90. The summed E-state index contributed by atoms with van der Waals surface area (Å²) in [6.45, 7) is 5.51. The second-order valence-corrected chi connectivity index (χ2v) is 9.37. The molecular formula is C28H30O5. The molecule has 0 radical (unpaired) electrons. The smallest absolute Gasteiger partial charge is 0.190 e. The molecule has 2 heterocycles. The lowest BCUT2D eigenvalue weighted by atomic mass is 9.80. The Hall–Kier alpha value is -2.54. The van der Waals surface area contributed by atoms with Crippen LogP contribution in [0.4, 0.5) is 0 Å². The minimum Gasteiger partial charge on any atom is -0.384 e. The molecule has 3 aromatic rings. The molecule has 5 heteroatoms. The van der Waals surface area contributed by atoms with Crippen LogP contribution in [-0.2, 0) is 24.5 Å². The Kier molecular flexibility index (Phi) is 5.63. The number of ether oxygens (including phenoxy) is 4. The molecule has 1 N–H and O–H groups in total.